The van der Waals surface area contributed by atoms with Gasteiger partial charge in [-0.2, -0.15) is 0 Å². The Hall–Kier alpha value is -2.38. The van der Waals surface area contributed by atoms with Crippen LogP contribution in [0.25, 0.3) is 0 Å². The van der Waals surface area contributed by atoms with E-state index in [4.69, 9.17) is 11.6 Å². The molecule has 162 valence electrons. The minimum absolute atomic E-state index is 0.0824. The van der Waals surface area contributed by atoms with Crippen molar-refractivity contribution in [3.05, 3.63) is 64.7 Å². The molecule has 2 aromatic carbocycles. The van der Waals surface area contributed by atoms with Crippen molar-refractivity contribution in [3.8, 4) is 0 Å². The van der Waals surface area contributed by atoms with Crippen molar-refractivity contribution in [1.29, 1.82) is 0 Å². The van der Waals surface area contributed by atoms with Crippen molar-refractivity contribution in [1.82, 2.24) is 10.6 Å². The molecule has 0 aromatic heterocycles. The van der Waals surface area contributed by atoms with Crippen LogP contribution < -0.4 is 10.6 Å². The van der Waals surface area contributed by atoms with Gasteiger partial charge in [0, 0.05) is 16.8 Å². The van der Waals surface area contributed by atoms with Gasteiger partial charge in [-0.25, -0.2) is 8.42 Å². The van der Waals surface area contributed by atoms with Crippen LogP contribution in [-0.2, 0) is 14.6 Å². The number of carbonyl (C=O) groups excluding carboxylic acids is 2. The Morgan fingerprint density at radius 2 is 1.53 bits per heavy atom. The summed E-state index contributed by atoms with van der Waals surface area (Å²) in [6, 6.07) is 11.8. The molecule has 0 saturated heterocycles. The van der Waals surface area contributed by atoms with Gasteiger partial charge in [0.2, 0.25) is 5.91 Å². The van der Waals surface area contributed by atoms with E-state index in [0.717, 1.165) is 11.8 Å². The highest BCUT2D eigenvalue weighted by molar-refractivity contribution is 7.90. The van der Waals surface area contributed by atoms with E-state index < -0.39 is 15.9 Å². The van der Waals surface area contributed by atoms with Crippen LogP contribution in [0, 0.1) is 5.92 Å². The number of benzene rings is 2. The van der Waals surface area contributed by atoms with Gasteiger partial charge in [-0.1, -0.05) is 44.0 Å². The molecule has 0 bridgehead atoms. The molecular formula is C22H27ClN2O4S. The highest BCUT2D eigenvalue weighted by atomic mass is 35.5. The van der Waals surface area contributed by atoms with Gasteiger partial charge >= 0.3 is 0 Å². The zero-order valence-corrected chi connectivity index (χ0v) is 19.0. The van der Waals surface area contributed by atoms with Crippen molar-refractivity contribution in [3.63, 3.8) is 0 Å². The minimum Gasteiger partial charge on any atom is -0.348 e. The van der Waals surface area contributed by atoms with Gasteiger partial charge in [0.05, 0.1) is 10.9 Å². The van der Waals surface area contributed by atoms with E-state index in [1.165, 1.54) is 12.1 Å². The first-order valence-corrected chi connectivity index (χ1v) is 12.0. The molecule has 2 rings (SSSR count). The van der Waals surface area contributed by atoms with Crippen molar-refractivity contribution < 1.29 is 18.0 Å². The first kappa shape index (κ1) is 23.9. The van der Waals surface area contributed by atoms with Gasteiger partial charge in [0.15, 0.2) is 9.84 Å². The first-order chi connectivity index (χ1) is 14.0. The molecule has 0 aliphatic carbocycles. The Labute approximate surface area is 182 Å². The second-order valence-corrected chi connectivity index (χ2v) is 9.87. The summed E-state index contributed by atoms with van der Waals surface area (Å²) in [7, 11) is -3.28. The van der Waals surface area contributed by atoms with Crippen LogP contribution in [0.5, 0.6) is 0 Å². The van der Waals surface area contributed by atoms with Crippen molar-refractivity contribution in [2.75, 3.05) is 6.26 Å². The maximum atomic E-state index is 12.9. The zero-order valence-electron chi connectivity index (χ0n) is 17.5. The smallest absolute Gasteiger partial charge is 0.251 e. The maximum Gasteiger partial charge on any atom is 0.251 e. The third kappa shape index (κ3) is 6.31. The molecule has 2 amide bonds. The first-order valence-electron chi connectivity index (χ1n) is 9.69. The van der Waals surface area contributed by atoms with E-state index in [2.05, 4.69) is 10.6 Å². The number of carbonyl (C=O) groups is 2. The predicted octanol–water partition coefficient (Wildman–Crippen LogP) is 3.77. The molecule has 3 atom stereocenters. The highest BCUT2D eigenvalue weighted by Crippen LogP contribution is 2.18. The molecule has 2 aromatic rings. The normalized spacial score (nSPS) is 14.4. The number of amides is 2. The fraction of sp³-hybridized carbons (Fsp3) is 0.364. The summed E-state index contributed by atoms with van der Waals surface area (Å²) < 4.78 is 23.2. The highest BCUT2D eigenvalue weighted by Gasteiger charge is 2.27. The van der Waals surface area contributed by atoms with E-state index >= 15 is 0 Å². The Morgan fingerprint density at radius 3 is 2.03 bits per heavy atom. The SMILES string of the molecule is CC[C@H](C)[C@H](NC(=O)c1ccc(Cl)cc1)C(=O)NC(C)c1ccc(S(C)(=O)=O)cc1. The average molecular weight is 451 g/mol. The van der Waals surface area contributed by atoms with Crippen LogP contribution >= 0.6 is 11.6 Å². The van der Waals surface area contributed by atoms with E-state index in [0.29, 0.717) is 17.0 Å². The standard InChI is InChI=1S/C22H27ClN2O4S/c1-5-14(2)20(25-21(26)17-6-10-18(23)11-7-17)22(27)24-15(3)16-8-12-19(13-9-16)30(4,28)29/h6-15,20H,5H2,1-4H3,(H,24,27)(H,25,26)/t14-,15?,20-/m0/s1. The summed E-state index contributed by atoms with van der Waals surface area (Å²) in [4.78, 5) is 25.7. The van der Waals surface area contributed by atoms with Crippen LogP contribution in [0.1, 0.15) is 49.2 Å². The Balaban J connectivity index is 2.12. The Kier molecular flexibility index (Phi) is 8.03. The summed E-state index contributed by atoms with van der Waals surface area (Å²) in [6.45, 7) is 5.66. The van der Waals surface area contributed by atoms with Crippen LogP contribution in [0.15, 0.2) is 53.4 Å². The minimum atomic E-state index is -3.28. The molecule has 0 heterocycles. The van der Waals surface area contributed by atoms with Gasteiger partial charge in [0.1, 0.15) is 6.04 Å². The largest absolute Gasteiger partial charge is 0.348 e. The lowest BCUT2D eigenvalue weighted by molar-refractivity contribution is -0.124. The molecular weight excluding hydrogens is 424 g/mol. The third-order valence-corrected chi connectivity index (χ3v) is 6.44. The summed E-state index contributed by atoms with van der Waals surface area (Å²) in [6.07, 6.45) is 1.85. The summed E-state index contributed by atoms with van der Waals surface area (Å²) >= 11 is 5.87. The van der Waals surface area contributed by atoms with E-state index in [1.54, 1.807) is 36.4 Å². The van der Waals surface area contributed by atoms with Gasteiger partial charge in [-0.05, 0) is 54.8 Å². The Morgan fingerprint density at radius 1 is 0.967 bits per heavy atom. The van der Waals surface area contributed by atoms with Crippen molar-refractivity contribution >= 4 is 33.3 Å². The lowest BCUT2D eigenvalue weighted by Gasteiger charge is -2.25. The summed E-state index contributed by atoms with van der Waals surface area (Å²) in [5.74, 6) is -0.732. The zero-order chi connectivity index (χ0) is 22.5. The molecule has 30 heavy (non-hydrogen) atoms. The van der Waals surface area contributed by atoms with Gasteiger partial charge in [0.25, 0.3) is 5.91 Å². The molecule has 8 heteroatoms. The summed E-state index contributed by atoms with van der Waals surface area (Å²) in [5, 5.41) is 6.25. The fourth-order valence-electron chi connectivity index (χ4n) is 2.92. The molecule has 0 saturated carbocycles. The molecule has 6 nitrogen and oxygen atoms in total. The van der Waals surface area contributed by atoms with Gasteiger partial charge in [-0.3, -0.25) is 9.59 Å². The lowest BCUT2D eigenvalue weighted by Crippen LogP contribution is -2.50. The van der Waals surface area contributed by atoms with Crippen molar-refractivity contribution in [2.24, 2.45) is 5.92 Å². The number of nitrogens with one attached hydrogen (secondary N) is 2. The third-order valence-electron chi connectivity index (χ3n) is 5.06. The van der Waals surface area contributed by atoms with Gasteiger partial charge in [-0.15, -0.1) is 0 Å². The average Bonchev–Trinajstić information content (AvgIpc) is 2.71. The van der Waals surface area contributed by atoms with Crippen LogP contribution in [-0.4, -0.2) is 32.5 Å². The molecule has 0 aliphatic rings. The maximum absolute atomic E-state index is 12.9. The molecule has 2 N–H and O–H groups in total. The lowest BCUT2D eigenvalue weighted by atomic mass is 9.97. The molecule has 0 aliphatic heterocycles. The van der Waals surface area contributed by atoms with Crippen LogP contribution in [0.4, 0.5) is 0 Å². The number of sulfone groups is 1. The quantitative estimate of drug-likeness (QED) is 0.640. The summed E-state index contributed by atoms with van der Waals surface area (Å²) in [5.41, 5.74) is 1.19. The number of hydrogen-bond donors (Lipinski definition) is 2. The van der Waals surface area contributed by atoms with Crippen LogP contribution in [0.3, 0.4) is 0 Å². The molecule has 0 spiro atoms. The second kappa shape index (κ2) is 10.1. The fourth-order valence-corrected chi connectivity index (χ4v) is 3.67. The molecule has 1 unspecified atom stereocenters. The number of rotatable bonds is 8. The topological polar surface area (TPSA) is 92.3 Å². The Bertz CT molecular complexity index is 989. The second-order valence-electron chi connectivity index (χ2n) is 7.42. The monoisotopic (exact) mass is 450 g/mol. The number of halogens is 1. The van der Waals surface area contributed by atoms with Crippen LogP contribution in [0.2, 0.25) is 5.02 Å². The molecule has 0 fully saturated rings. The van der Waals surface area contributed by atoms with Gasteiger partial charge < -0.3 is 10.6 Å². The van der Waals surface area contributed by atoms with E-state index in [-0.39, 0.29) is 28.7 Å². The number of hydrogen-bond acceptors (Lipinski definition) is 4. The van der Waals surface area contributed by atoms with E-state index in [1.807, 2.05) is 20.8 Å². The predicted molar refractivity (Wildman–Crippen MR) is 118 cm³/mol. The van der Waals surface area contributed by atoms with Crippen molar-refractivity contribution in [2.45, 2.75) is 44.2 Å². The van der Waals surface area contributed by atoms with E-state index in [9.17, 15) is 18.0 Å². The molecule has 0 radical (unpaired) electrons.